The van der Waals surface area contributed by atoms with Crippen molar-refractivity contribution in [2.75, 3.05) is 19.6 Å². The van der Waals surface area contributed by atoms with E-state index in [0.29, 0.717) is 0 Å². The molecule has 0 N–H and O–H groups in total. The molecule has 1 nitrogen and oxygen atoms in total. The van der Waals surface area contributed by atoms with E-state index < -0.39 is 0 Å². The van der Waals surface area contributed by atoms with Crippen LogP contribution in [0.3, 0.4) is 0 Å². The average molecular weight is 258 g/mol. The van der Waals surface area contributed by atoms with E-state index in [4.69, 9.17) is 11.6 Å². The van der Waals surface area contributed by atoms with Crippen LogP contribution in [0.25, 0.3) is 0 Å². The zero-order valence-corrected chi connectivity index (χ0v) is 11.2. The van der Waals surface area contributed by atoms with Gasteiger partial charge in [-0.05, 0) is 37.4 Å². The summed E-state index contributed by atoms with van der Waals surface area (Å²) in [7, 11) is 0. The Balaban J connectivity index is 0.00000225. The summed E-state index contributed by atoms with van der Waals surface area (Å²) < 4.78 is 0. The van der Waals surface area contributed by atoms with Crippen molar-refractivity contribution in [2.24, 2.45) is 0 Å². The van der Waals surface area contributed by atoms with Crippen molar-refractivity contribution in [1.29, 1.82) is 0 Å². The summed E-state index contributed by atoms with van der Waals surface area (Å²) in [5, 5.41) is 0.754. The lowest BCUT2D eigenvalue weighted by atomic mass is 10.2. The van der Waals surface area contributed by atoms with E-state index in [9.17, 15) is 0 Å². The molecule has 88 valence electrons. The Morgan fingerprint density at radius 2 is 1.69 bits per heavy atom. The summed E-state index contributed by atoms with van der Waals surface area (Å²) in [4.78, 5) is 2.28. The minimum absolute atomic E-state index is 0. The Morgan fingerprint density at radius 1 is 1.12 bits per heavy atom. The average Bonchev–Trinajstić information content (AvgIpc) is 2.27. The van der Waals surface area contributed by atoms with E-state index in [2.05, 4.69) is 30.6 Å². The SMILES string of the molecule is CCN(CC)CC#Cc1ccc(Cl)cc1.Cl. The van der Waals surface area contributed by atoms with Crippen LogP contribution in [0.15, 0.2) is 24.3 Å². The molecule has 0 aliphatic carbocycles. The zero-order valence-electron chi connectivity index (χ0n) is 9.66. The molecule has 0 spiro atoms. The van der Waals surface area contributed by atoms with E-state index in [-0.39, 0.29) is 12.4 Å². The summed E-state index contributed by atoms with van der Waals surface area (Å²) >= 11 is 5.78. The van der Waals surface area contributed by atoms with E-state index in [1.54, 1.807) is 0 Å². The maximum atomic E-state index is 5.78. The fraction of sp³-hybridized carbons (Fsp3) is 0.385. The van der Waals surface area contributed by atoms with Crippen molar-refractivity contribution in [1.82, 2.24) is 4.90 Å². The van der Waals surface area contributed by atoms with Crippen LogP contribution in [-0.4, -0.2) is 24.5 Å². The van der Waals surface area contributed by atoms with Gasteiger partial charge in [0.25, 0.3) is 0 Å². The lowest BCUT2D eigenvalue weighted by Gasteiger charge is -2.13. The maximum Gasteiger partial charge on any atom is 0.0605 e. The molecule has 0 amide bonds. The van der Waals surface area contributed by atoms with Crippen LogP contribution in [0.5, 0.6) is 0 Å². The second-order valence-corrected chi connectivity index (χ2v) is 3.71. The Morgan fingerprint density at radius 3 is 2.19 bits per heavy atom. The predicted octanol–water partition coefficient (Wildman–Crippen LogP) is 3.46. The van der Waals surface area contributed by atoms with Crippen LogP contribution in [0.4, 0.5) is 0 Å². The first kappa shape index (κ1) is 15.3. The Kier molecular flexibility index (Phi) is 8.11. The molecule has 0 unspecified atom stereocenters. The van der Waals surface area contributed by atoms with Gasteiger partial charge in [-0.15, -0.1) is 12.4 Å². The van der Waals surface area contributed by atoms with Crippen molar-refractivity contribution < 1.29 is 0 Å². The zero-order chi connectivity index (χ0) is 11.1. The molecule has 0 atom stereocenters. The van der Waals surface area contributed by atoms with Gasteiger partial charge < -0.3 is 0 Å². The van der Waals surface area contributed by atoms with E-state index >= 15 is 0 Å². The molecule has 1 aromatic rings. The largest absolute Gasteiger partial charge is 0.293 e. The predicted molar refractivity (Wildman–Crippen MR) is 73.4 cm³/mol. The van der Waals surface area contributed by atoms with Gasteiger partial charge in [-0.25, -0.2) is 0 Å². The minimum Gasteiger partial charge on any atom is -0.293 e. The van der Waals surface area contributed by atoms with Crippen molar-refractivity contribution in [3.63, 3.8) is 0 Å². The first-order chi connectivity index (χ1) is 7.26. The van der Waals surface area contributed by atoms with E-state index in [1.165, 1.54) is 0 Å². The molecule has 0 saturated heterocycles. The number of hydrogen-bond donors (Lipinski definition) is 0. The smallest absolute Gasteiger partial charge is 0.0605 e. The van der Waals surface area contributed by atoms with Gasteiger partial charge in [-0.2, -0.15) is 0 Å². The first-order valence-corrected chi connectivity index (χ1v) is 5.60. The quantitative estimate of drug-likeness (QED) is 0.750. The molecule has 0 heterocycles. The third-order valence-corrected chi connectivity index (χ3v) is 2.53. The van der Waals surface area contributed by atoms with Crippen LogP contribution < -0.4 is 0 Å². The summed E-state index contributed by atoms with van der Waals surface area (Å²) in [6, 6.07) is 7.61. The molecule has 1 rings (SSSR count). The molecule has 3 heteroatoms. The Labute approximate surface area is 109 Å². The van der Waals surface area contributed by atoms with Crippen LogP contribution >= 0.6 is 24.0 Å². The monoisotopic (exact) mass is 257 g/mol. The highest BCUT2D eigenvalue weighted by Gasteiger charge is 1.93. The van der Waals surface area contributed by atoms with Gasteiger partial charge in [-0.1, -0.05) is 37.3 Å². The van der Waals surface area contributed by atoms with Gasteiger partial charge in [0, 0.05) is 10.6 Å². The van der Waals surface area contributed by atoms with E-state index in [0.717, 1.165) is 30.2 Å². The molecule has 0 radical (unpaired) electrons. The highest BCUT2D eigenvalue weighted by Crippen LogP contribution is 2.08. The number of nitrogens with zero attached hydrogens (tertiary/aromatic N) is 1. The normalized spacial score (nSPS) is 9.25. The highest BCUT2D eigenvalue weighted by molar-refractivity contribution is 6.30. The Bertz CT molecular complexity index is 344. The molecule has 1 aromatic carbocycles. The fourth-order valence-electron chi connectivity index (χ4n) is 1.23. The van der Waals surface area contributed by atoms with Crippen molar-refractivity contribution in [3.05, 3.63) is 34.9 Å². The topological polar surface area (TPSA) is 3.24 Å². The van der Waals surface area contributed by atoms with Crippen LogP contribution in [0.2, 0.25) is 5.02 Å². The van der Waals surface area contributed by atoms with Crippen molar-refractivity contribution in [2.45, 2.75) is 13.8 Å². The highest BCUT2D eigenvalue weighted by atomic mass is 35.5. The first-order valence-electron chi connectivity index (χ1n) is 5.23. The van der Waals surface area contributed by atoms with Crippen LogP contribution in [0.1, 0.15) is 19.4 Å². The lowest BCUT2D eigenvalue weighted by Crippen LogP contribution is -2.22. The van der Waals surface area contributed by atoms with Gasteiger partial charge in [0.2, 0.25) is 0 Å². The standard InChI is InChI=1S/C13H16ClN.ClH/c1-3-15(4-2)11-5-6-12-7-9-13(14)10-8-12;/h7-10H,3-4,11H2,1-2H3;1H. The third-order valence-electron chi connectivity index (χ3n) is 2.27. The van der Waals surface area contributed by atoms with Gasteiger partial charge in [-0.3, -0.25) is 4.90 Å². The summed E-state index contributed by atoms with van der Waals surface area (Å²) in [5.41, 5.74) is 1.02. The summed E-state index contributed by atoms with van der Waals surface area (Å²) in [6.07, 6.45) is 0. The second-order valence-electron chi connectivity index (χ2n) is 3.27. The summed E-state index contributed by atoms with van der Waals surface area (Å²) in [6.45, 7) is 7.22. The molecule has 16 heavy (non-hydrogen) atoms. The number of hydrogen-bond acceptors (Lipinski definition) is 1. The minimum atomic E-state index is 0. The van der Waals surface area contributed by atoms with E-state index in [1.807, 2.05) is 24.3 Å². The molecule has 0 aromatic heterocycles. The van der Waals surface area contributed by atoms with Gasteiger partial charge in [0.15, 0.2) is 0 Å². The fourth-order valence-corrected chi connectivity index (χ4v) is 1.36. The molecule has 0 bridgehead atoms. The third kappa shape index (κ3) is 5.42. The number of rotatable bonds is 3. The number of halogens is 2. The van der Waals surface area contributed by atoms with Crippen LogP contribution in [-0.2, 0) is 0 Å². The maximum absolute atomic E-state index is 5.78. The molecule has 0 aliphatic heterocycles. The second kappa shape index (κ2) is 8.47. The molecule has 0 fully saturated rings. The van der Waals surface area contributed by atoms with Gasteiger partial charge in [0.05, 0.1) is 6.54 Å². The van der Waals surface area contributed by atoms with Gasteiger partial charge >= 0.3 is 0 Å². The van der Waals surface area contributed by atoms with Crippen molar-refractivity contribution >= 4 is 24.0 Å². The summed E-state index contributed by atoms with van der Waals surface area (Å²) in [5.74, 6) is 6.28. The molecule has 0 saturated carbocycles. The van der Waals surface area contributed by atoms with Crippen molar-refractivity contribution in [3.8, 4) is 11.8 Å². The molecular weight excluding hydrogens is 241 g/mol. The van der Waals surface area contributed by atoms with Crippen LogP contribution in [0, 0.1) is 11.8 Å². The molecular formula is C13H17Cl2N. The number of benzene rings is 1. The Hall–Kier alpha value is -0.680. The molecule has 0 aliphatic rings. The lowest BCUT2D eigenvalue weighted by molar-refractivity contribution is 0.342. The van der Waals surface area contributed by atoms with Gasteiger partial charge in [0.1, 0.15) is 0 Å².